The van der Waals surface area contributed by atoms with Crippen LogP contribution in [0.5, 0.6) is 0 Å². The molecule has 0 bridgehead atoms. The fraction of sp³-hybridized carbons (Fsp3) is 0.208. The Morgan fingerprint density at radius 3 is 2.21 bits per heavy atom. The van der Waals surface area contributed by atoms with Gasteiger partial charge in [-0.1, -0.05) is 59.7 Å². The number of para-hydroxylation sites is 1. The lowest BCUT2D eigenvalue weighted by atomic mass is 10.1. The molecular formula is C24H23F3N2O3S. The van der Waals surface area contributed by atoms with Crippen LogP contribution in [0, 0.1) is 13.8 Å². The second-order valence-electron chi connectivity index (χ2n) is 7.67. The first-order valence-corrected chi connectivity index (χ1v) is 11.5. The van der Waals surface area contributed by atoms with Gasteiger partial charge in [0.05, 0.1) is 22.7 Å². The van der Waals surface area contributed by atoms with Gasteiger partial charge in [-0.3, -0.25) is 4.79 Å². The summed E-state index contributed by atoms with van der Waals surface area (Å²) in [5, 5.41) is 2.21. The zero-order valence-electron chi connectivity index (χ0n) is 18.1. The molecule has 0 fully saturated rings. The van der Waals surface area contributed by atoms with Gasteiger partial charge in [0.1, 0.15) is 0 Å². The van der Waals surface area contributed by atoms with Crippen LogP contribution in [-0.4, -0.2) is 25.2 Å². The molecule has 3 rings (SSSR count). The van der Waals surface area contributed by atoms with E-state index < -0.39 is 39.9 Å². The minimum absolute atomic E-state index is 0.00996. The van der Waals surface area contributed by atoms with Crippen LogP contribution in [0.4, 0.5) is 18.9 Å². The second kappa shape index (κ2) is 9.76. The molecule has 0 aromatic heterocycles. The van der Waals surface area contributed by atoms with E-state index in [1.165, 1.54) is 24.3 Å². The zero-order chi connectivity index (χ0) is 24.2. The molecule has 0 aliphatic heterocycles. The van der Waals surface area contributed by atoms with Crippen molar-refractivity contribution in [2.24, 2.45) is 0 Å². The first kappa shape index (κ1) is 24.5. The van der Waals surface area contributed by atoms with Gasteiger partial charge in [0, 0.05) is 6.54 Å². The molecule has 0 saturated carbocycles. The van der Waals surface area contributed by atoms with Gasteiger partial charge in [0.2, 0.25) is 15.9 Å². The fourth-order valence-corrected chi connectivity index (χ4v) is 4.67. The van der Waals surface area contributed by atoms with E-state index in [1.807, 2.05) is 19.9 Å². The molecule has 174 valence electrons. The molecule has 3 aromatic rings. The van der Waals surface area contributed by atoms with Crippen LogP contribution in [0.1, 0.15) is 22.3 Å². The van der Waals surface area contributed by atoms with E-state index in [4.69, 9.17) is 0 Å². The van der Waals surface area contributed by atoms with E-state index in [2.05, 4.69) is 5.32 Å². The maximum absolute atomic E-state index is 13.3. The lowest BCUT2D eigenvalue weighted by Gasteiger charge is -2.23. The van der Waals surface area contributed by atoms with Gasteiger partial charge < -0.3 is 5.32 Å². The van der Waals surface area contributed by atoms with Crippen molar-refractivity contribution in [1.82, 2.24) is 4.31 Å². The van der Waals surface area contributed by atoms with E-state index in [0.717, 1.165) is 27.6 Å². The van der Waals surface area contributed by atoms with Crippen molar-refractivity contribution < 1.29 is 26.4 Å². The number of halogens is 3. The molecule has 3 aromatic carbocycles. The summed E-state index contributed by atoms with van der Waals surface area (Å²) in [6.07, 6.45) is -4.67. The van der Waals surface area contributed by atoms with Gasteiger partial charge in [-0.15, -0.1) is 0 Å². The molecule has 1 amide bonds. The van der Waals surface area contributed by atoms with Crippen LogP contribution in [-0.2, 0) is 27.5 Å². The van der Waals surface area contributed by atoms with E-state index in [0.29, 0.717) is 5.56 Å². The number of amides is 1. The van der Waals surface area contributed by atoms with Crippen LogP contribution >= 0.6 is 0 Å². The zero-order valence-corrected chi connectivity index (χ0v) is 18.9. The van der Waals surface area contributed by atoms with Crippen molar-refractivity contribution in [2.45, 2.75) is 31.5 Å². The molecule has 0 unspecified atom stereocenters. The SMILES string of the molecule is Cc1ccc(S(=O)(=O)N(CC(=O)Nc2ccccc2C(F)(F)F)Cc2cccc(C)c2)cc1. The van der Waals surface area contributed by atoms with Gasteiger partial charge in [0.25, 0.3) is 0 Å². The van der Waals surface area contributed by atoms with E-state index in [1.54, 1.807) is 30.3 Å². The van der Waals surface area contributed by atoms with E-state index in [9.17, 15) is 26.4 Å². The van der Waals surface area contributed by atoms with Crippen LogP contribution in [0.25, 0.3) is 0 Å². The molecular weight excluding hydrogens is 453 g/mol. The van der Waals surface area contributed by atoms with Crippen molar-refractivity contribution >= 4 is 21.6 Å². The number of nitrogens with one attached hydrogen (secondary N) is 1. The van der Waals surface area contributed by atoms with Crippen molar-refractivity contribution in [1.29, 1.82) is 0 Å². The fourth-order valence-electron chi connectivity index (χ4n) is 3.29. The number of carbonyl (C=O) groups is 1. The largest absolute Gasteiger partial charge is 0.418 e. The normalized spacial score (nSPS) is 12.1. The van der Waals surface area contributed by atoms with Gasteiger partial charge in [-0.2, -0.15) is 17.5 Å². The minimum Gasteiger partial charge on any atom is -0.324 e. The molecule has 9 heteroatoms. The molecule has 5 nitrogen and oxygen atoms in total. The first-order chi connectivity index (χ1) is 15.5. The Labute approximate surface area is 190 Å². The summed E-state index contributed by atoms with van der Waals surface area (Å²) in [5.41, 5.74) is 0.974. The topological polar surface area (TPSA) is 66.5 Å². The Morgan fingerprint density at radius 2 is 1.58 bits per heavy atom. The Hall–Kier alpha value is -3.17. The van der Waals surface area contributed by atoms with Crippen LogP contribution in [0.3, 0.4) is 0 Å². The Morgan fingerprint density at radius 1 is 0.909 bits per heavy atom. The molecule has 0 atom stereocenters. The lowest BCUT2D eigenvalue weighted by Crippen LogP contribution is -2.37. The molecule has 0 heterocycles. The average Bonchev–Trinajstić information content (AvgIpc) is 2.73. The number of nitrogens with zero attached hydrogens (tertiary/aromatic N) is 1. The number of rotatable bonds is 7. The number of sulfonamides is 1. The predicted molar refractivity (Wildman–Crippen MR) is 120 cm³/mol. The Bertz CT molecular complexity index is 1240. The molecule has 0 radical (unpaired) electrons. The number of anilines is 1. The highest BCUT2D eigenvalue weighted by molar-refractivity contribution is 7.89. The monoisotopic (exact) mass is 476 g/mol. The smallest absolute Gasteiger partial charge is 0.324 e. The maximum atomic E-state index is 13.3. The van der Waals surface area contributed by atoms with Gasteiger partial charge in [-0.25, -0.2) is 8.42 Å². The third kappa shape index (κ3) is 6.21. The van der Waals surface area contributed by atoms with Crippen molar-refractivity contribution in [3.63, 3.8) is 0 Å². The first-order valence-electron chi connectivity index (χ1n) is 10.1. The summed E-state index contributed by atoms with van der Waals surface area (Å²) in [5.74, 6) is -0.880. The van der Waals surface area contributed by atoms with Gasteiger partial charge in [-0.05, 0) is 43.7 Å². The highest BCUT2D eigenvalue weighted by atomic mass is 32.2. The van der Waals surface area contributed by atoms with Crippen LogP contribution < -0.4 is 5.32 Å². The van der Waals surface area contributed by atoms with Crippen molar-refractivity contribution in [3.05, 3.63) is 95.1 Å². The standard InChI is InChI=1S/C24H23F3N2O3S/c1-17-10-12-20(13-11-17)33(31,32)29(15-19-7-5-6-18(2)14-19)16-23(30)28-22-9-4-3-8-21(22)24(25,26)27/h3-14H,15-16H2,1-2H3,(H,28,30). The molecule has 0 saturated heterocycles. The average molecular weight is 477 g/mol. The summed E-state index contributed by atoms with van der Waals surface area (Å²) in [6.45, 7) is 2.89. The molecule has 33 heavy (non-hydrogen) atoms. The molecule has 0 spiro atoms. The Kier molecular flexibility index (Phi) is 7.24. The number of aryl methyl sites for hydroxylation is 2. The second-order valence-corrected chi connectivity index (χ2v) is 9.60. The number of hydrogen-bond acceptors (Lipinski definition) is 3. The van der Waals surface area contributed by atoms with Gasteiger partial charge in [0.15, 0.2) is 0 Å². The highest BCUT2D eigenvalue weighted by Gasteiger charge is 2.34. The molecule has 1 N–H and O–H groups in total. The summed E-state index contributed by atoms with van der Waals surface area (Å²) >= 11 is 0. The Balaban J connectivity index is 1.91. The van der Waals surface area contributed by atoms with Crippen LogP contribution in [0.15, 0.2) is 77.7 Å². The maximum Gasteiger partial charge on any atom is 0.418 e. The number of alkyl halides is 3. The van der Waals surface area contributed by atoms with E-state index in [-0.39, 0.29) is 11.4 Å². The molecule has 0 aliphatic carbocycles. The summed E-state index contributed by atoms with van der Waals surface area (Å²) in [4.78, 5) is 12.7. The predicted octanol–water partition coefficient (Wildman–Crippen LogP) is 5.15. The number of carbonyl (C=O) groups excluding carboxylic acids is 1. The van der Waals surface area contributed by atoms with Gasteiger partial charge >= 0.3 is 6.18 Å². The van der Waals surface area contributed by atoms with E-state index >= 15 is 0 Å². The third-order valence-corrected chi connectivity index (χ3v) is 6.73. The summed E-state index contributed by atoms with van der Waals surface area (Å²) in [7, 11) is -4.10. The molecule has 0 aliphatic rings. The lowest BCUT2D eigenvalue weighted by molar-refractivity contribution is -0.137. The number of hydrogen-bond donors (Lipinski definition) is 1. The highest BCUT2D eigenvalue weighted by Crippen LogP contribution is 2.34. The third-order valence-electron chi connectivity index (χ3n) is 4.93. The quantitative estimate of drug-likeness (QED) is 0.513. The van der Waals surface area contributed by atoms with Crippen molar-refractivity contribution in [2.75, 3.05) is 11.9 Å². The summed E-state index contributed by atoms with van der Waals surface area (Å²) < 4.78 is 67.4. The van der Waals surface area contributed by atoms with Crippen molar-refractivity contribution in [3.8, 4) is 0 Å². The van der Waals surface area contributed by atoms with Crippen LogP contribution in [0.2, 0.25) is 0 Å². The minimum atomic E-state index is -4.67. The summed E-state index contributed by atoms with van der Waals surface area (Å²) in [6, 6.07) is 17.8. The number of benzene rings is 3.